The van der Waals surface area contributed by atoms with Crippen molar-refractivity contribution in [3.8, 4) is 0 Å². The van der Waals surface area contributed by atoms with Gasteiger partial charge in [0.1, 0.15) is 15.9 Å². The summed E-state index contributed by atoms with van der Waals surface area (Å²) >= 11 is 0. The van der Waals surface area contributed by atoms with Crippen LogP contribution in [-0.2, 0) is 19.4 Å². The van der Waals surface area contributed by atoms with Gasteiger partial charge in [0.2, 0.25) is 5.91 Å². The molecule has 1 saturated heterocycles. The lowest BCUT2D eigenvalue weighted by Crippen LogP contribution is -2.60. The number of aliphatic carboxylic acids is 1. The van der Waals surface area contributed by atoms with Crippen LogP contribution >= 0.6 is 0 Å². The number of nitrogens with zero attached hydrogens (tertiary/aromatic N) is 2. The molecule has 21 heavy (non-hydrogen) atoms. The number of hydrogen-bond donors (Lipinski definition) is 2. The summed E-state index contributed by atoms with van der Waals surface area (Å²) in [5.74, 6) is -1.90. The molecule has 10 heteroatoms. The zero-order chi connectivity index (χ0) is 16.2. The number of rotatable bonds is 5. The summed E-state index contributed by atoms with van der Waals surface area (Å²) in [4.78, 5) is 37.1. The van der Waals surface area contributed by atoms with Crippen molar-refractivity contribution in [3.05, 3.63) is 0 Å². The van der Waals surface area contributed by atoms with E-state index in [1.807, 2.05) is 0 Å². The highest BCUT2D eigenvalue weighted by molar-refractivity contribution is 7.90. The lowest BCUT2D eigenvalue weighted by Gasteiger charge is -2.36. The summed E-state index contributed by atoms with van der Waals surface area (Å²) in [5.41, 5.74) is 0. The van der Waals surface area contributed by atoms with Gasteiger partial charge in [-0.15, -0.1) is 0 Å². The lowest BCUT2D eigenvalue weighted by molar-refractivity contribution is -0.142. The Morgan fingerprint density at radius 3 is 2.62 bits per heavy atom. The van der Waals surface area contributed by atoms with Crippen molar-refractivity contribution < 1.29 is 27.9 Å². The molecule has 1 fully saturated rings. The van der Waals surface area contributed by atoms with Gasteiger partial charge >= 0.3 is 12.0 Å². The Labute approximate surface area is 122 Å². The summed E-state index contributed by atoms with van der Waals surface area (Å²) in [7, 11) is -1.80. The summed E-state index contributed by atoms with van der Waals surface area (Å²) < 4.78 is 22.2. The average Bonchev–Trinajstić information content (AvgIpc) is 2.36. The molecule has 1 unspecified atom stereocenters. The number of carbonyl (C=O) groups is 3. The van der Waals surface area contributed by atoms with Gasteiger partial charge in [0.05, 0.1) is 12.2 Å². The molecule has 2 N–H and O–H groups in total. The van der Waals surface area contributed by atoms with Crippen LogP contribution in [0, 0.1) is 0 Å². The molecule has 0 aromatic rings. The highest BCUT2D eigenvalue weighted by atomic mass is 32.2. The number of carbonyl (C=O) groups excluding carboxylic acids is 2. The summed E-state index contributed by atoms with van der Waals surface area (Å²) in [6, 6.07) is -1.64. The van der Waals surface area contributed by atoms with Crippen molar-refractivity contribution in [3.63, 3.8) is 0 Å². The van der Waals surface area contributed by atoms with Gasteiger partial charge < -0.3 is 20.2 Å². The fourth-order valence-electron chi connectivity index (χ4n) is 1.93. The minimum atomic E-state index is -3.21. The first-order chi connectivity index (χ1) is 9.61. The van der Waals surface area contributed by atoms with E-state index >= 15 is 0 Å². The Hall–Kier alpha value is -1.84. The summed E-state index contributed by atoms with van der Waals surface area (Å²) in [5, 5.41) is 11.3. The maximum absolute atomic E-state index is 12.2. The maximum Gasteiger partial charge on any atom is 0.320 e. The first kappa shape index (κ1) is 17.2. The van der Waals surface area contributed by atoms with E-state index in [0.717, 1.165) is 11.2 Å². The molecule has 1 aliphatic rings. The van der Waals surface area contributed by atoms with Crippen LogP contribution in [0.25, 0.3) is 0 Å². The zero-order valence-electron chi connectivity index (χ0n) is 11.9. The molecule has 0 aromatic carbocycles. The van der Waals surface area contributed by atoms with Gasteiger partial charge in [0.25, 0.3) is 0 Å². The number of hydrogen-bond acceptors (Lipinski definition) is 5. The smallest absolute Gasteiger partial charge is 0.320 e. The monoisotopic (exact) mass is 321 g/mol. The van der Waals surface area contributed by atoms with Crippen molar-refractivity contribution in [2.75, 3.05) is 38.7 Å². The minimum Gasteiger partial charge on any atom is -0.481 e. The number of piperazine rings is 1. The van der Waals surface area contributed by atoms with Crippen molar-refractivity contribution in [2.24, 2.45) is 0 Å². The Balaban J connectivity index is 2.76. The fraction of sp³-hybridized carbons (Fsp3) is 0.727. The maximum atomic E-state index is 12.2. The van der Waals surface area contributed by atoms with Crippen LogP contribution in [0.5, 0.6) is 0 Å². The van der Waals surface area contributed by atoms with Gasteiger partial charge in [-0.2, -0.15) is 0 Å². The second-order valence-corrected chi connectivity index (χ2v) is 7.19. The average molecular weight is 321 g/mol. The van der Waals surface area contributed by atoms with E-state index in [4.69, 9.17) is 5.11 Å². The summed E-state index contributed by atoms with van der Waals surface area (Å²) in [6.07, 6.45) is 0.574. The third kappa shape index (κ3) is 5.21. The van der Waals surface area contributed by atoms with Crippen LogP contribution in [0.2, 0.25) is 0 Å². The van der Waals surface area contributed by atoms with Gasteiger partial charge in [0, 0.05) is 32.9 Å². The number of nitrogens with one attached hydrogen (secondary N) is 1. The van der Waals surface area contributed by atoms with Crippen molar-refractivity contribution in [1.82, 2.24) is 15.1 Å². The minimum absolute atomic E-state index is 0.0183. The van der Waals surface area contributed by atoms with Gasteiger partial charge in [-0.05, 0) is 0 Å². The molecular formula is C11H19N3O6S. The molecule has 9 nitrogen and oxygen atoms in total. The predicted octanol–water partition coefficient (Wildman–Crippen LogP) is -1.64. The Kier molecular flexibility index (Phi) is 5.53. The van der Waals surface area contributed by atoms with E-state index in [1.54, 1.807) is 0 Å². The van der Waals surface area contributed by atoms with Crippen LogP contribution in [0.15, 0.2) is 0 Å². The van der Waals surface area contributed by atoms with E-state index in [0.29, 0.717) is 0 Å². The van der Waals surface area contributed by atoms with Gasteiger partial charge in [-0.3, -0.25) is 9.59 Å². The SMILES string of the molecule is CN(CCS(C)(=O)=O)C(=O)N1CCNC(=O)C1CC(=O)O. The zero-order valence-corrected chi connectivity index (χ0v) is 12.7. The molecule has 3 amide bonds. The van der Waals surface area contributed by atoms with Crippen molar-refractivity contribution >= 4 is 27.7 Å². The van der Waals surface area contributed by atoms with Crippen LogP contribution in [-0.4, -0.2) is 86.0 Å². The lowest BCUT2D eigenvalue weighted by atomic mass is 10.1. The molecule has 0 aromatic heterocycles. The van der Waals surface area contributed by atoms with Gasteiger partial charge in [-0.1, -0.05) is 0 Å². The van der Waals surface area contributed by atoms with Crippen LogP contribution in [0.1, 0.15) is 6.42 Å². The standard InChI is InChI=1S/C11H19N3O6S/c1-13(5-6-21(2,19)20)11(18)14-4-3-12-10(17)8(14)7-9(15)16/h8H,3-7H2,1-2H3,(H,12,17)(H,15,16). The van der Waals surface area contributed by atoms with Crippen molar-refractivity contribution in [2.45, 2.75) is 12.5 Å². The van der Waals surface area contributed by atoms with Gasteiger partial charge in [0.15, 0.2) is 0 Å². The predicted molar refractivity (Wildman–Crippen MR) is 73.5 cm³/mol. The number of amides is 3. The number of carboxylic acids is 1. The fourth-order valence-corrected chi connectivity index (χ4v) is 2.54. The molecule has 1 aliphatic heterocycles. The van der Waals surface area contributed by atoms with Crippen LogP contribution in [0.3, 0.4) is 0 Å². The largest absolute Gasteiger partial charge is 0.481 e. The van der Waals surface area contributed by atoms with E-state index in [-0.39, 0.29) is 25.4 Å². The third-order valence-corrected chi connectivity index (χ3v) is 3.99. The van der Waals surface area contributed by atoms with E-state index < -0.39 is 40.2 Å². The number of sulfone groups is 1. The Morgan fingerprint density at radius 2 is 2.10 bits per heavy atom. The molecule has 0 saturated carbocycles. The molecule has 1 rings (SSSR count). The molecular weight excluding hydrogens is 302 g/mol. The number of urea groups is 1. The van der Waals surface area contributed by atoms with Crippen LogP contribution in [0.4, 0.5) is 4.79 Å². The first-order valence-electron chi connectivity index (χ1n) is 6.31. The molecule has 120 valence electrons. The second kappa shape index (κ2) is 6.74. The first-order valence-corrected chi connectivity index (χ1v) is 8.37. The topological polar surface area (TPSA) is 124 Å². The normalized spacial score (nSPS) is 19.0. The molecule has 1 heterocycles. The van der Waals surface area contributed by atoms with E-state index in [2.05, 4.69) is 5.32 Å². The third-order valence-electron chi connectivity index (χ3n) is 3.07. The molecule has 0 bridgehead atoms. The molecule has 0 spiro atoms. The van der Waals surface area contributed by atoms with Crippen LogP contribution < -0.4 is 5.32 Å². The molecule has 0 radical (unpaired) electrons. The highest BCUT2D eigenvalue weighted by Crippen LogP contribution is 2.11. The quantitative estimate of drug-likeness (QED) is 0.626. The Morgan fingerprint density at radius 1 is 1.48 bits per heavy atom. The summed E-state index contributed by atoms with van der Waals surface area (Å²) in [6.45, 7) is 0.405. The second-order valence-electron chi connectivity index (χ2n) is 4.93. The highest BCUT2D eigenvalue weighted by Gasteiger charge is 2.36. The molecule has 1 atom stereocenters. The number of carboxylic acid groups (broad SMARTS) is 1. The van der Waals surface area contributed by atoms with Crippen molar-refractivity contribution in [1.29, 1.82) is 0 Å². The van der Waals surface area contributed by atoms with Gasteiger partial charge in [-0.25, -0.2) is 13.2 Å². The molecule has 0 aliphatic carbocycles. The van der Waals surface area contributed by atoms with E-state index in [9.17, 15) is 22.8 Å². The Bertz CT molecular complexity index is 532. The van der Waals surface area contributed by atoms with E-state index in [1.165, 1.54) is 11.9 Å².